The molecular weight excluding hydrogens is 283 g/mol. The highest BCUT2D eigenvalue weighted by Crippen LogP contribution is 2.29. The molecule has 0 radical (unpaired) electrons. The van der Waals surface area contributed by atoms with Crippen LogP contribution in [0.4, 0.5) is 11.5 Å². The van der Waals surface area contributed by atoms with Crippen molar-refractivity contribution in [2.45, 2.75) is 0 Å². The summed E-state index contributed by atoms with van der Waals surface area (Å²) in [7, 11) is 0. The predicted molar refractivity (Wildman–Crippen MR) is 77.1 cm³/mol. The molecule has 3 rings (SSSR count). The van der Waals surface area contributed by atoms with E-state index in [0.717, 1.165) is 16.6 Å². The van der Waals surface area contributed by atoms with Crippen molar-refractivity contribution < 1.29 is 0 Å². The van der Waals surface area contributed by atoms with Crippen molar-refractivity contribution in [1.29, 1.82) is 0 Å². The van der Waals surface area contributed by atoms with E-state index >= 15 is 0 Å². The molecule has 0 saturated carbocycles. The zero-order valence-electron chi connectivity index (χ0n) is 9.64. The Labute approximate surface area is 119 Å². The summed E-state index contributed by atoms with van der Waals surface area (Å²) in [6, 6.07) is 9.17. The van der Waals surface area contributed by atoms with Crippen molar-refractivity contribution in [3.8, 4) is 0 Å². The zero-order chi connectivity index (χ0) is 13.2. The van der Waals surface area contributed by atoms with Gasteiger partial charge in [-0.25, -0.2) is 9.97 Å². The van der Waals surface area contributed by atoms with E-state index in [2.05, 4.69) is 20.3 Å². The summed E-state index contributed by atoms with van der Waals surface area (Å²) in [5.74, 6) is 0.606. The lowest BCUT2D eigenvalue weighted by molar-refractivity contribution is 1.17. The van der Waals surface area contributed by atoms with Crippen molar-refractivity contribution in [2.75, 3.05) is 5.32 Å². The van der Waals surface area contributed by atoms with Gasteiger partial charge in [-0.15, -0.1) is 0 Å². The largest absolute Gasteiger partial charge is 0.338 e. The van der Waals surface area contributed by atoms with Gasteiger partial charge in [0.05, 0.1) is 16.2 Å². The van der Waals surface area contributed by atoms with Crippen LogP contribution >= 0.6 is 23.2 Å². The van der Waals surface area contributed by atoms with Crippen molar-refractivity contribution in [2.24, 2.45) is 0 Å². The second-order valence-electron chi connectivity index (χ2n) is 3.83. The van der Waals surface area contributed by atoms with Crippen LogP contribution < -0.4 is 5.32 Å². The van der Waals surface area contributed by atoms with E-state index in [0.29, 0.717) is 10.8 Å². The smallest absolute Gasteiger partial charge is 0.224 e. The number of hydrogen-bond donors (Lipinski definition) is 1. The molecule has 3 aromatic rings. The van der Waals surface area contributed by atoms with Gasteiger partial charge in [-0.3, -0.25) is 4.98 Å². The summed E-state index contributed by atoms with van der Waals surface area (Å²) in [6.45, 7) is 0. The fourth-order valence-corrected chi connectivity index (χ4v) is 2.14. The Kier molecular flexibility index (Phi) is 3.19. The molecule has 0 bridgehead atoms. The standard InChI is InChI=1S/C13H8Cl2N4/c14-9-3-4-10(12-8(9)2-1-6-16-12)18-11-5-7-17-13(15)19-11/h1-7H,(H,17,18,19). The lowest BCUT2D eigenvalue weighted by Gasteiger charge is -2.09. The number of aromatic nitrogens is 3. The number of anilines is 2. The lowest BCUT2D eigenvalue weighted by Crippen LogP contribution is -1.96. The van der Waals surface area contributed by atoms with E-state index in [4.69, 9.17) is 23.2 Å². The molecule has 0 aliphatic carbocycles. The van der Waals surface area contributed by atoms with Crippen LogP contribution in [0.5, 0.6) is 0 Å². The van der Waals surface area contributed by atoms with Crippen molar-refractivity contribution in [3.63, 3.8) is 0 Å². The van der Waals surface area contributed by atoms with Crippen LogP contribution in [-0.2, 0) is 0 Å². The number of halogens is 2. The summed E-state index contributed by atoms with van der Waals surface area (Å²) < 4.78 is 0. The van der Waals surface area contributed by atoms with Crippen LogP contribution in [0.1, 0.15) is 0 Å². The maximum absolute atomic E-state index is 6.14. The Bertz CT molecular complexity index is 746. The van der Waals surface area contributed by atoms with Gasteiger partial charge in [-0.2, -0.15) is 0 Å². The average Bonchev–Trinajstić information content (AvgIpc) is 2.42. The Morgan fingerprint density at radius 1 is 0.947 bits per heavy atom. The van der Waals surface area contributed by atoms with Gasteiger partial charge in [-0.05, 0) is 41.9 Å². The minimum absolute atomic E-state index is 0.191. The molecular formula is C13H8Cl2N4. The van der Waals surface area contributed by atoms with Crippen molar-refractivity contribution in [3.05, 3.63) is 53.0 Å². The third-order valence-corrected chi connectivity index (χ3v) is 3.12. The first-order chi connectivity index (χ1) is 9.24. The quantitative estimate of drug-likeness (QED) is 0.723. The van der Waals surface area contributed by atoms with Gasteiger partial charge >= 0.3 is 0 Å². The minimum atomic E-state index is 0.191. The molecule has 1 N–H and O–H groups in total. The van der Waals surface area contributed by atoms with Crippen molar-refractivity contribution >= 4 is 45.6 Å². The summed E-state index contributed by atoms with van der Waals surface area (Å²) in [4.78, 5) is 12.3. The highest BCUT2D eigenvalue weighted by molar-refractivity contribution is 6.35. The molecule has 2 heterocycles. The van der Waals surface area contributed by atoms with Crippen molar-refractivity contribution in [1.82, 2.24) is 15.0 Å². The SMILES string of the molecule is Clc1nccc(Nc2ccc(Cl)c3cccnc23)n1. The van der Waals surface area contributed by atoms with Gasteiger partial charge < -0.3 is 5.32 Å². The summed E-state index contributed by atoms with van der Waals surface area (Å²) in [6.07, 6.45) is 3.31. The normalized spacial score (nSPS) is 10.6. The number of pyridine rings is 1. The molecule has 0 aliphatic heterocycles. The molecule has 4 nitrogen and oxygen atoms in total. The predicted octanol–water partition coefficient (Wildman–Crippen LogP) is 4.08. The highest BCUT2D eigenvalue weighted by atomic mass is 35.5. The molecule has 0 spiro atoms. The molecule has 1 aromatic carbocycles. The minimum Gasteiger partial charge on any atom is -0.338 e. The van der Waals surface area contributed by atoms with Crippen LogP contribution in [0.25, 0.3) is 10.9 Å². The molecule has 0 saturated heterocycles. The number of nitrogens with zero attached hydrogens (tertiary/aromatic N) is 3. The van der Waals surface area contributed by atoms with E-state index in [1.165, 1.54) is 0 Å². The molecule has 0 fully saturated rings. The molecule has 0 unspecified atom stereocenters. The lowest BCUT2D eigenvalue weighted by atomic mass is 10.2. The monoisotopic (exact) mass is 290 g/mol. The van der Waals surface area contributed by atoms with Crippen LogP contribution in [-0.4, -0.2) is 15.0 Å². The Morgan fingerprint density at radius 2 is 1.84 bits per heavy atom. The van der Waals surface area contributed by atoms with Gasteiger partial charge in [0, 0.05) is 17.8 Å². The average molecular weight is 291 g/mol. The van der Waals surface area contributed by atoms with Crippen LogP contribution in [0.2, 0.25) is 10.3 Å². The first-order valence-electron chi connectivity index (χ1n) is 5.53. The first kappa shape index (κ1) is 12.1. The fourth-order valence-electron chi connectivity index (χ4n) is 1.78. The summed E-state index contributed by atoms with van der Waals surface area (Å²) in [5.41, 5.74) is 1.60. The molecule has 0 aliphatic rings. The second kappa shape index (κ2) is 4.99. The Morgan fingerprint density at radius 3 is 2.68 bits per heavy atom. The van der Waals surface area contributed by atoms with E-state index < -0.39 is 0 Å². The van der Waals surface area contributed by atoms with E-state index in [9.17, 15) is 0 Å². The zero-order valence-corrected chi connectivity index (χ0v) is 11.2. The van der Waals surface area contributed by atoms with E-state index in [1.807, 2.05) is 24.3 Å². The number of benzene rings is 1. The van der Waals surface area contributed by atoms with E-state index in [-0.39, 0.29) is 5.28 Å². The molecule has 0 atom stereocenters. The van der Waals surface area contributed by atoms with E-state index in [1.54, 1.807) is 18.5 Å². The van der Waals surface area contributed by atoms with Gasteiger partial charge in [0.25, 0.3) is 0 Å². The topological polar surface area (TPSA) is 50.7 Å². The number of fused-ring (bicyclic) bond motifs is 1. The first-order valence-corrected chi connectivity index (χ1v) is 6.28. The Balaban J connectivity index is 2.09. The maximum Gasteiger partial charge on any atom is 0.224 e. The number of nitrogens with one attached hydrogen (secondary N) is 1. The molecule has 0 amide bonds. The number of hydrogen-bond acceptors (Lipinski definition) is 4. The molecule has 2 aromatic heterocycles. The maximum atomic E-state index is 6.14. The van der Waals surface area contributed by atoms with Gasteiger partial charge in [0.15, 0.2) is 0 Å². The van der Waals surface area contributed by atoms with Crippen LogP contribution in [0.3, 0.4) is 0 Å². The third-order valence-electron chi connectivity index (χ3n) is 2.61. The third kappa shape index (κ3) is 2.45. The summed E-state index contributed by atoms with van der Waals surface area (Å²) in [5, 5.41) is 4.89. The number of rotatable bonds is 2. The Hall–Kier alpha value is -1.91. The highest BCUT2D eigenvalue weighted by Gasteiger charge is 2.06. The second-order valence-corrected chi connectivity index (χ2v) is 4.58. The van der Waals surface area contributed by atoms with Crippen LogP contribution in [0.15, 0.2) is 42.7 Å². The summed E-state index contributed by atoms with van der Waals surface area (Å²) >= 11 is 11.9. The van der Waals surface area contributed by atoms with Gasteiger partial charge in [-0.1, -0.05) is 11.6 Å². The van der Waals surface area contributed by atoms with Gasteiger partial charge in [0.2, 0.25) is 5.28 Å². The molecule has 94 valence electrons. The fraction of sp³-hybridized carbons (Fsp3) is 0. The van der Waals surface area contributed by atoms with Gasteiger partial charge in [0.1, 0.15) is 5.82 Å². The van der Waals surface area contributed by atoms with Crippen LogP contribution in [0, 0.1) is 0 Å². The molecule has 19 heavy (non-hydrogen) atoms. The molecule has 6 heteroatoms.